The molecule has 0 heterocycles. The van der Waals surface area contributed by atoms with Crippen LogP contribution in [-0.4, -0.2) is 35.4 Å². The van der Waals surface area contributed by atoms with Crippen LogP contribution < -0.4 is 19.0 Å². The van der Waals surface area contributed by atoms with Crippen LogP contribution in [0.5, 0.6) is 11.5 Å². The molecule has 26 heavy (non-hydrogen) atoms. The second-order valence-corrected chi connectivity index (χ2v) is 8.36. The molecule has 0 unspecified atom stereocenters. The third-order valence-corrected chi connectivity index (χ3v) is 3.69. The van der Waals surface area contributed by atoms with E-state index in [1.165, 1.54) is 42.5 Å². The van der Waals surface area contributed by atoms with Crippen molar-refractivity contribution in [3.05, 3.63) is 48.5 Å². The summed E-state index contributed by atoms with van der Waals surface area (Å²) in [6.45, 7) is 0. The molecule has 0 fully saturated rings. The van der Waals surface area contributed by atoms with Gasteiger partial charge in [-0.1, -0.05) is 6.07 Å². The van der Waals surface area contributed by atoms with Gasteiger partial charge in [0.2, 0.25) is 0 Å². The topological polar surface area (TPSA) is 128 Å². The van der Waals surface area contributed by atoms with Crippen LogP contribution in [0.3, 0.4) is 0 Å². The van der Waals surface area contributed by atoms with Crippen molar-refractivity contribution >= 4 is 37.6 Å². The number of anilines is 2. The molecule has 0 aliphatic carbocycles. The van der Waals surface area contributed by atoms with E-state index in [-0.39, 0.29) is 11.5 Å². The maximum absolute atomic E-state index is 12.0. The molecule has 0 bridgehead atoms. The lowest BCUT2D eigenvalue weighted by Crippen LogP contribution is -2.19. The first-order chi connectivity index (χ1) is 12.0. The maximum atomic E-state index is 12.0. The predicted octanol–water partition coefficient (Wildman–Crippen LogP) is 2.01. The highest BCUT2D eigenvalue weighted by Crippen LogP contribution is 2.20. The molecule has 0 saturated heterocycles. The van der Waals surface area contributed by atoms with Crippen LogP contribution in [0.15, 0.2) is 48.5 Å². The van der Waals surface area contributed by atoms with Gasteiger partial charge < -0.3 is 19.0 Å². The lowest BCUT2D eigenvalue weighted by atomic mass is 10.3. The van der Waals surface area contributed by atoms with Gasteiger partial charge in [-0.25, -0.2) is 4.79 Å². The van der Waals surface area contributed by atoms with Crippen LogP contribution in [0, 0.1) is 0 Å². The zero-order valence-corrected chi connectivity index (χ0v) is 15.4. The van der Waals surface area contributed by atoms with Crippen LogP contribution in [-0.2, 0) is 20.2 Å². The molecule has 2 aromatic rings. The van der Waals surface area contributed by atoms with E-state index in [1.807, 2.05) is 0 Å². The summed E-state index contributed by atoms with van der Waals surface area (Å²) in [6.07, 6.45) is 1.84. The van der Waals surface area contributed by atoms with E-state index in [0.29, 0.717) is 11.4 Å². The summed E-state index contributed by atoms with van der Waals surface area (Å²) in [7, 11) is -7.30. The van der Waals surface area contributed by atoms with Crippen molar-refractivity contribution in [1.82, 2.24) is 0 Å². The van der Waals surface area contributed by atoms with Crippen molar-refractivity contribution in [2.24, 2.45) is 0 Å². The van der Waals surface area contributed by atoms with Crippen molar-refractivity contribution in [3.63, 3.8) is 0 Å². The Kier molecular flexibility index (Phi) is 5.73. The van der Waals surface area contributed by atoms with E-state index >= 15 is 0 Å². The molecule has 140 valence electrons. The molecule has 0 saturated carbocycles. The SMILES string of the molecule is CS(=O)(=O)Oc1ccc(NC(=O)Nc2cccc(OS(C)(=O)=O)c2)cc1. The minimum Gasteiger partial charge on any atom is -0.383 e. The summed E-state index contributed by atoms with van der Waals surface area (Å²) in [4.78, 5) is 12.0. The van der Waals surface area contributed by atoms with Crippen molar-refractivity contribution in [1.29, 1.82) is 0 Å². The molecular formula is C15H16N2O7S2. The average molecular weight is 400 g/mol. The van der Waals surface area contributed by atoms with Crippen LogP contribution in [0.25, 0.3) is 0 Å². The summed E-state index contributed by atoms with van der Waals surface area (Å²) in [6, 6.07) is 11.0. The molecule has 0 atom stereocenters. The third kappa shape index (κ3) is 6.99. The smallest absolute Gasteiger partial charge is 0.323 e. The van der Waals surface area contributed by atoms with Gasteiger partial charge in [0.15, 0.2) is 0 Å². The number of hydrogen-bond donors (Lipinski definition) is 2. The Morgan fingerprint density at radius 3 is 1.88 bits per heavy atom. The molecule has 2 aromatic carbocycles. The average Bonchev–Trinajstić information content (AvgIpc) is 2.46. The Morgan fingerprint density at radius 2 is 1.31 bits per heavy atom. The van der Waals surface area contributed by atoms with Crippen LogP contribution >= 0.6 is 0 Å². The molecule has 0 aromatic heterocycles. The molecule has 2 N–H and O–H groups in total. The molecule has 0 aliphatic rings. The van der Waals surface area contributed by atoms with E-state index in [4.69, 9.17) is 8.37 Å². The molecule has 2 rings (SSSR count). The van der Waals surface area contributed by atoms with Crippen LogP contribution in [0.2, 0.25) is 0 Å². The van der Waals surface area contributed by atoms with E-state index in [1.54, 1.807) is 6.07 Å². The van der Waals surface area contributed by atoms with Crippen LogP contribution in [0.1, 0.15) is 0 Å². The number of amides is 2. The lowest BCUT2D eigenvalue weighted by molar-refractivity contribution is 0.262. The fourth-order valence-electron chi connectivity index (χ4n) is 1.86. The van der Waals surface area contributed by atoms with Crippen LogP contribution in [0.4, 0.5) is 16.2 Å². The number of nitrogens with one attached hydrogen (secondary N) is 2. The second-order valence-electron chi connectivity index (χ2n) is 5.21. The number of carbonyl (C=O) groups is 1. The monoisotopic (exact) mass is 400 g/mol. The fourth-order valence-corrected chi connectivity index (χ4v) is 2.78. The highest BCUT2D eigenvalue weighted by atomic mass is 32.2. The molecule has 2 amide bonds. The number of benzene rings is 2. The molecule has 0 spiro atoms. The van der Waals surface area contributed by atoms with Gasteiger partial charge in [0, 0.05) is 17.4 Å². The molecule has 0 aliphatic heterocycles. The minimum atomic E-state index is -3.67. The first kappa shape index (κ1) is 19.5. The fraction of sp³-hybridized carbons (Fsp3) is 0.133. The zero-order valence-electron chi connectivity index (χ0n) is 13.8. The van der Waals surface area contributed by atoms with Crippen molar-refractivity contribution < 1.29 is 30.0 Å². The highest BCUT2D eigenvalue weighted by molar-refractivity contribution is 7.86. The Bertz CT molecular complexity index is 1000. The van der Waals surface area contributed by atoms with Gasteiger partial charge in [-0.15, -0.1) is 0 Å². The summed E-state index contributed by atoms with van der Waals surface area (Å²) in [5, 5.41) is 5.05. The van der Waals surface area contributed by atoms with Gasteiger partial charge in [0.05, 0.1) is 12.5 Å². The predicted molar refractivity (Wildman–Crippen MR) is 96.5 cm³/mol. The van der Waals surface area contributed by atoms with Crippen molar-refractivity contribution in [3.8, 4) is 11.5 Å². The standard InChI is InChI=1S/C15H16N2O7S2/c1-25(19,20)23-13-8-6-11(7-9-13)16-15(18)17-12-4-3-5-14(10-12)24-26(2,21)22/h3-10H,1-2H3,(H2,16,17,18). The lowest BCUT2D eigenvalue weighted by Gasteiger charge is -2.10. The van der Waals surface area contributed by atoms with Gasteiger partial charge in [0.25, 0.3) is 0 Å². The second kappa shape index (κ2) is 7.62. The van der Waals surface area contributed by atoms with Crippen molar-refractivity contribution in [2.45, 2.75) is 0 Å². The number of rotatable bonds is 6. The van der Waals surface area contributed by atoms with E-state index < -0.39 is 26.3 Å². The quantitative estimate of drug-likeness (QED) is 0.710. The van der Waals surface area contributed by atoms with Gasteiger partial charge in [0.1, 0.15) is 11.5 Å². The van der Waals surface area contributed by atoms with Gasteiger partial charge in [-0.3, -0.25) is 0 Å². The Morgan fingerprint density at radius 1 is 0.769 bits per heavy atom. The first-order valence-electron chi connectivity index (χ1n) is 7.07. The largest absolute Gasteiger partial charge is 0.383 e. The Labute approximate surface area is 151 Å². The van der Waals surface area contributed by atoms with Crippen molar-refractivity contribution in [2.75, 3.05) is 23.1 Å². The Hall–Kier alpha value is -2.79. The van der Waals surface area contributed by atoms with Gasteiger partial charge in [-0.2, -0.15) is 16.8 Å². The van der Waals surface area contributed by atoms with E-state index in [0.717, 1.165) is 12.5 Å². The molecular weight excluding hydrogens is 384 g/mol. The van der Waals surface area contributed by atoms with Gasteiger partial charge in [-0.05, 0) is 36.4 Å². The number of carbonyl (C=O) groups excluding carboxylic acids is 1. The summed E-state index contributed by atoms with van der Waals surface area (Å²) < 4.78 is 53.7. The zero-order chi connectivity index (χ0) is 19.4. The van der Waals surface area contributed by atoms with E-state index in [9.17, 15) is 21.6 Å². The summed E-state index contributed by atoms with van der Waals surface area (Å²) >= 11 is 0. The Balaban J connectivity index is 1.99. The molecule has 9 nitrogen and oxygen atoms in total. The number of hydrogen-bond acceptors (Lipinski definition) is 7. The molecule has 0 radical (unpaired) electrons. The summed E-state index contributed by atoms with van der Waals surface area (Å²) in [5.74, 6) is 0.177. The summed E-state index contributed by atoms with van der Waals surface area (Å²) in [5.41, 5.74) is 0.715. The van der Waals surface area contributed by atoms with E-state index in [2.05, 4.69) is 10.6 Å². The molecule has 11 heteroatoms. The first-order valence-corrected chi connectivity index (χ1v) is 10.7. The highest BCUT2D eigenvalue weighted by Gasteiger charge is 2.08. The third-order valence-electron chi connectivity index (χ3n) is 2.70. The number of urea groups is 1. The maximum Gasteiger partial charge on any atom is 0.323 e. The van der Waals surface area contributed by atoms with Gasteiger partial charge >= 0.3 is 26.3 Å². The normalized spacial score (nSPS) is 11.5. The minimum absolute atomic E-state index is 0.0626.